The van der Waals surface area contributed by atoms with Gasteiger partial charge in [-0.2, -0.15) is 0 Å². The summed E-state index contributed by atoms with van der Waals surface area (Å²) >= 11 is 1.42. The molecule has 2 heterocycles. The Labute approximate surface area is 137 Å². The Hall–Kier alpha value is -2.54. The predicted octanol–water partition coefficient (Wildman–Crippen LogP) is 2.15. The average Bonchev–Trinajstić information content (AvgIpc) is 2.58. The number of benzene rings is 1. The summed E-state index contributed by atoms with van der Waals surface area (Å²) in [5.74, 6) is 0.773. The predicted molar refractivity (Wildman–Crippen MR) is 92.1 cm³/mol. The molecular weight excluding hydrogens is 312 g/mol. The van der Waals surface area contributed by atoms with Crippen molar-refractivity contribution in [3.63, 3.8) is 0 Å². The number of pyridine rings is 1. The monoisotopic (exact) mass is 328 g/mol. The number of aromatic nitrogens is 3. The van der Waals surface area contributed by atoms with Gasteiger partial charge in [-0.1, -0.05) is 23.9 Å². The van der Waals surface area contributed by atoms with Gasteiger partial charge < -0.3 is 10.5 Å². The summed E-state index contributed by atoms with van der Waals surface area (Å²) in [5, 5.41) is 1.28. The molecule has 1 aromatic carbocycles. The maximum atomic E-state index is 12.4. The van der Waals surface area contributed by atoms with E-state index in [-0.39, 0.29) is 5.56 Å². The van der Waals surface area contributed by atoms with E-state index in [9.17, 15) is 4.79 Å². The average molecular weight is 328 g/mol. The van der Waals surface area contributed by atoms with E-state index in [1.807, 2.05) is 30.5 Å². The molecule has 0 spiro atoms. The molecule has 2 N–H and O–H groups in total. The van der Waals surface area contributed by atoms with Gasteiger partial charge in [0.2, 0.25) is 0 Å². The Morgan fingerprint density at radius 3 is 2.70 bits per heavy atom. The second-order valence-corrected chi connectivity index (χ2v) is 5.74. The third kappa shape index (κ3) is 3.00. The van der Waals surface area contributed by atoms with Crippen LogP contribution < -0.4 is 16.0 Å². The molecule has 118 valence electrons. The first-order chi connectivity index (χ1) is 11.1. The summed E-state index contributed by atoms with van der Waals surface area (Å²) in [7, 11) is 1.62. The van der Waals surface area contributed by atoms with Crippen molar-refractivity contribution < 1.29 is 4.74 Å². The van der Waals surface area contributed by atoms with Crippen molar-refractivity contribution in [2.24, 2.45) is 0 Å². The molecule has 0 aliphatic heterocycles. The summed E-state index contributed by atoms with van der Waals surface area (Å²) in [4.78, 5) is 21.1. The van der Waals surface area contributed by atoms with E-state index < -0.39 is 0 Å². The lowest BCUT2D eigenvalue weighted by Gasteiger charge is -2.12. The van der Waals surface area contributed by atoms with Crippen LogP contribution in [0.3, 0.4) is 0 Å². The van der Waals surface area contributed by atoms with Gasteiger partial charge >= 0.3 is 0 Å². The van der Waals surface area contributed by atoms with Crippen LogP contribution in [0.4, 0.5) is 5.69 Å². The minimum Gasteiger partial charge on any atom is -0.497 e. The molecule has 0 fully saturated rings. The molecule has 23 heavy (non-hydrogen) atoms. The van der Waals surface area contributed by atoms with Crippen LogP contribution in [-0.4, -0.2) is 27.9 Å². The number of hydrogen-bond donors (Lipinski definition) is 1. The minimum absolute atomic E-state index is 0.184. The van der Waals surface area contributed by atoms with Gasteiger partial charge in [-0.05, 0) is 24.0 Å². The molecule has 6 nitrogen and oxygen atoms in total. The van der Waals surface area contributed by atoms with E-state index in [1.54, 1.807) is 17.9 Å². The molecule has 2 aromatic heterocycles. The van der Waals surface area contributed by atoms with E-state index in [4.69, 9.17) is 10.5 Å². The second kappa shape index (κ2) is 6.29. The first kappa shape index (κ1) is 15.4. The van der Waals surface area contributed by atoms with Crippen LogP contribution in [0.15, 0.2) is 46.5 Å². The smallest absolute Gasteiger partial charge is 0.254 e. The van der Waals surface area contributed by atoms with Crippen LogP contribution in [0.25, 0.3) is 11.0 Å². The van der Waals surface area contributed by atoms with E-state index in [0.29, 0.717) is 28.4 Å². The number of nitrogen functional groups attached to an aromatic ring is 1. The van der Waals surface area contributed by atoms with Gasteiger partial charge in [0.25, 0.3) is 5.56 Å². The van der Waals surface area contributed by atoms with Gasteiger partial charge in [-0.15, -0.1) is 0 Å². The van der Waals surface area contributed by atoms with Gasteiger partial charge in [0.15, 0.2) is 5.16 Å². The Morgan fingerprint density at radius 1 is 1.30 bits per heavy atom. The van der Waals surface area contributed by atoms with E-state index >= 15 is 0 Å². The number of hydrogen-bond acceptors (Lipinski definition) is 6. The molecule has 3 rings (SSSR count). The van der Waals surface area contributed by atoms with E-state index in [2.05, 4.69) is 9.97 Å². The van der Waals surface area contributed by atoms with Gasteiger partial charge in [0, 0.05) is 18.0 Å². The highest BCUT2D eigenvalue weighted by atomic mass is 32.2. The number of anilines is 1. The quantitative estimate of drug-likeness (QED) is 0.584. The number of nitrogens with two attached hydrogens (primary N) is 1. The third-order valence-electron chi connectivity index (χ3n) is 3.54. The molecule has 0 aliphatic carbocycles. The van der Waals surface area contributed by atoms with Crippen LogP contribution in [0, 0.1) is 0 Å². The van der Waals surface area contributed by atoms with Crippen molar-refractivity contribution in [1.82, 2.24) is 14.5 Å². The van der Waals surface area contributed by atoms with Crippen LogP contribution in [-0.2, 0) is 6.54 Å². The van der Waals surface area contributed by atoms with Gasteiger partial charge in [0.1, 0.15) is 11.4 Å². The lowest BCUT2D eigenvalue weighted by molar-refractivity contribution is 0.414. The zero-order valence-electron chi connectivity index (χ0n) is 12.8. The fourth-order valence-corrected chi connectivity index (χ4v) is 2.66. The Kier molecular flexibility index (Phi) is 4.20. The third-order valence-corrected chi connectivity index (χ3v) is 4.10. The first-order valence-electron chi connectivity index (χ1n) is 6.95. The van der Waals surface area contributed by atoms with Crippen LogP contribution >= 0.6 is 11.8 Å². The summed E-state index contributed by atoms with van der Waals surface area (Å²) in [5.41, 5.74) is 7.66. The summed E-state index contributed by atoms with van der Waals surface area (Å²) in [6, 6.07) is 8.98. The Bertz CT molecular complexity index is 906. The molecule has 0 atom stereocenters. The summed E-state index contributed by atoms with van der Waals surface area (Å²) in [6.45, 7) is 0.407. The van der Waals surface area contributed by atoms with Crippen LogP contribution in [0.1, 0.15) is 5.56 Å². The zero-order chi connectivity index (χ0) is 16.4. The fourth-order valence-electron chi connectivity index (χ4n) is 2.32. The molecule has 0 bridgehead atoms. The number of rotatable bonds is 4. The van der Waals surface area contributed by atoms with Crippen LogP contribution in [0.2, 0.25) is 0 Å². The van der Waals surface area contributed by atoms with Crippen molar-refractivity contribution >= 4 is 28.5 Å². The number of methoxy groups -OCH3 is 1. The first-order valence-corrected chi connectivity index (χ1v) is 8.18. The van der Waals surface area contributed by atoms with Gasteiger partial charge in [-0.3, -0.25) is 9.36 Å². The lowest BCUT2D eigenvalue weighted by atomic mass is 10.2. The number of ether oxygens (including phenoxy) is 1. The molecular formula is C16H16N4O2S. The fraction of sp³-hybridized carbons (Fsp3) is 0.188. The number of fused-ring (bicyclic) bond motifs is 1. The maximum Gasteiger partial charge on any atom is 0.254 e. The molecule has 7 heteroatoms. The molecule has 0 saturated carbocycles. The summed E-state index contributed by atoms with van der Waals surface area (Å²) < 4.78 is 6.76. The molecule has 0 aliphatic rings. The Morgan fingerprint density at radius 2 is 2.04 bits per heavy atom. The number of nitrogens with zero attached hydrogens (tertiary/aromatic N) is 3. The lowest BCUT2D eigenvalue weighted by Crippen LogP contribution is -2.22. The van der Waals surface area contributed by atoms with Gasteiger partial charge in [0.05, 0.1) is 19.0 Å². The van der Waals surface area contributed by atoms with Crippen LogP contribution in [0.5, 0.6) is 5.75 Å². The standard InChI is InChI=1S/C16H16N4O2S/c1-22-11-5-3-10(4-6-11)9-20-14(21)7-13(17)12-8-18-16(23-2)19-15(12)20/h3-8H,9,17H2,1-2H3. The van der Waals surface area contributed by atoms with Crippen molar-refractivity contribution in [2.75, 3.05) is 19.1 Å². The van der Waals surface area contributed by atoms with Crippen molar-refractivity contribution in [3.05, 3.63) is 52.4 Å². The molecule has 0 radical (unpaired) electrons. The Balaban J connectivity index is 2.13. The molecule has 3 aromatic rings. The van der Waals surface area contributed by atoms with Gasteiger partial charge in [-0.25, -0.2) is 9.97 Å². The maximum absolute atomic E-state index is 12.4. The number of thioether (sulfide) groups is 1. The second-order valence-electron chi connectivity index (χ2n) is 4.97. The largest absolute Gasteiger partial charge is 0.497 e. The topological polar surface area (TPSA) is 83.0 Å². The highest BCUT2D eigenvalue weighted by Gasteiger charge is 2.11. The SMILES string of the molecule is COc1ccc(Cn2c(=O)cc(N)c3cnc(SC)nc32)cc1. The van der Waals surface area contributed by atoms with E-state index in [0.717, 1.165) is 11.3 Å². The highest BCUT2D eigenvalue weighted by molar-refractivity contribution is 7.98. The normalized spacial score (nSPS) is 10.9. The highest BCUT2D eigenvalue weighted by Crippen LogP contribution is 2.20. The molecule has 0 unspecified atom stereocenters. The molecule has 0 saturated heterocycles. The minimum atomic E-state index is -0.184. The van der Waals surface area contributed by atoms with Crippen molar-refractivity contribution in [3.8, 4) is 5.75 Å². The van der Waals surface area contributed by atoms with Crippen molar-refractivity contribution in [1.29, 1.82) is 0 Å². The summed E-state index contributed by atoms with van der Waals surface area (Å²) in [6.07, 6.45) is 3.55. The van der Waals surface area contributed by atoms with E-state index in [1.165, 1.54) is 17.8 Å². The zero-order valence-corrected chi connectivity index (χ0v) is 13.6. The molecule has 0 amide bonds. The van der Waals surface area contributed by atoms with Crippen molar-refractivity contribution in [2.45, 2.75) is 11.7 Å².